The molecule has 3 heterocycles. The Morgan fingerprint density at radius 1 is 1.26 bits per heavy atom. The number of carbonyl (C=O) groups excluding carboxylic acids is 1. The zero-order chi connectivity index (χ0) is 16.2. The van der Waals surface area contributed by atoms with Crippen LogP contribution in [0.25, 0.3) is 0 Å². The van der Waals surface area contributed by atoms with Gasteiger partial charge in [-0.25, -0.2) is 0 Å². The molecule has 0 aliphatic carbocycles. The van der Waals surface area contributed by atoms with E-state index in [1.54, 1.807) is 35.0 Å². The molecule has 0 atom stereocenters. The number of aromatic nitrogens is 4. The number of rotatable bonds is 6. The summed E-state index contributed by atoms with van der Waals surface area (Å²) in [4.78, 5) is 14.0. The summed E-state index contributed by atoms with van der Waals surface area (Å²) < 4.78 is 9.21. The first kappa shape index (κ1) is 15.1. The molecule has 3 aromatic heterocycles. The maximum Gasteiger partial charge on any atom is 0.289 e. The average molecular weight is 313 g/mol. The van der Waals surface area contributed by atoms with Gasteiger partial charge >= 0.3 is 0 Å². The van der Waals surface area contributed by atoms with Gasteiger partial charge in [-0.2, -0.15) is 10.2 Å². The maximum atomic E-state index is 12.4. The fraction of sp³-hybridized carbons (Fsp3) is 0.312. The molecule has 0 spiro atoms. The lowest BCUT2D eigenvalue weighted by molar-refractivity contribution is 0.0749. The number of carbonyl (C=O) groups is 1. The molecule has 120 valence electrons. The quantitative estimate of drug-likeness (QED) is 0.698. The Bertz CT molecular complexity index is 772. The number of aryl methyl sites for hydroxylation is 1. The van der Waals surface area contributed by atoms with E-state index >= 15 is 0 Å². The largest absolute Gasteiger partial charge is 0.454 e. The molecule has 0 aliphatic heterocycles. The van der Waals surface area contributed by atoms with Gasteiger partial charge < -0.3 is 9.32 Å². The molecule has 0 bridgehead atoms. The third kappa shape index (κ3) is 3.50. The standard InChI is InChI=1S/C16H19N5O2/c1-3-20-10-7-13(18-20)11-19(2)16(22)15-6-5-14(23-15)12-21-9-4-8-17-21/h4-10H,3,11-12H2,1-2H3. The molecule has 7 heteroatoms. The van der Waals surface area contributed by atoms with Crippen molar-refractivity contribution in [2.45, 2.75) is 26.6 Å². The summed E-state index contributed by atoms with van der Waals surface area (Å²) in [6.07, 6.45) is 5.46. The van der Waals surface area contributed by atoms with Gasteiger partial charge in [-0.15, -0.1) is 0 Å². The lowest BCUT2D eigenvalue weighted by Gasteiger charge is -2.14. The molecule has 1 amide bonds. The second-order valence-corrected chi connectivity index (χ2v) is 5.29. The average Bonchev–Trinajstić information content (AvgIpc) is 3.28. The van der Waals surface area contributed by atoms with Gasteiger partial charge in [0.25, 0.3) is 5.91 Å². The smallest absolute Gasteiger partial charge is 0.289 e. The van der Waals surface area contributed by atoms with E-state index in [9.17, 15) is 4.79 Å². The van der Waals surface area contributed by atoms with Gasteiger partial charge in [0.15, 0.2) is 5.76 Å². The minimum absolute atomic E-state index is 0.164. The van der Waals surface area contributed by atoms with E-state index < -0.39 is 0 Å². The van der Waals surface area contributed by atoms with Gasteiger partial charge in [0.05, 0.1) is 18.8 Å². The van der Waals surface area contributed by atoms with Crippen LogP contribution in [0.3, 0.4) is 0 Å². The first-order chi connectivity index (χ1) is 11.2. The Labute approximate surface area is 134 Å². The Hall–Kier alpha value is -2.83. The van der Waals surface area contributed by atoms with Crippen molar-refractivity contribution >= 4 is 5.91 Å². The van der Waals surface area contributed by atoms with Crippen molar-refractivity contribution in [2.75, 3.05) is 7.05 Å². The molecule has 0 unspecified atom stereocenters. The second kappa shape index (κ2) is 6.51. The summed E-state index contributed by atoms with van der Waals surface area (Å²) in [5, 5.41) is 8.50. The van der Waals surface area contributed by atoms with Crippen LogP contribution in [0.1, 0.15) is 28.9 Å². The van der Waals surface area contributed by atoms with Crippen molar-refractivity contribution < 1.29 is 9.21 Å². The monoisotopic (exact) mass is 313 g/mol. The molecule has 0 aliphatic rings. The number of hydrogen-bond donors (Lipinski definition) is 0. The van der Waals surface area contributed by atoms with Crippen LogP contribution in [0.4, 0.5) is 0 Å². The van der Waals surface area contributed by atoms with Gasteiger partial charge in [0.1, 0.15) is 5.76 Å². The number of nitrogens with zero attached hydrogens (tertiary/aromatic N) is 5. The molecular formula is C16H19N5O2. The van der Waals surface area contributed by atoms with Crippen LogP contribution in [-0.4, -0.2) is 37.4 Å². The van der Waals surface area contributed by atoms with Crippen molar-refractivity contribution in [3.63, 3.8) is 0 Å². The van der Waals surface area contributed by atoms with Gasteiger partial charge in [-0.3, -0.25) is 14.2 Å². The zero-order valence-corrected chi connectivity index (χ0v) is 13.2. The summed E-state index contributed by atoms with van der Waals surface area (Å²) in [6.45, 7) is 3.79. The fourth-order valence-corrected chi connectivity index (χ4v) is 2.30. The van der Waals surface area contributed by atoms with Crippen LogP contribution in [0.15, 0.2) is 47.3 Å². The first-order valence-electron chi connectivity index (χ1n) is 7.49. The van der Waals surface area contributed by atoms with E-state index in [2.05, 4.69) is 10.2 Å². The van der Waals surface area contributed by atoms with E-state index in [4.69, 9.17) is 4.42 Å². The summed E-state index contributed by atoms with van der Waals surface area (Å²) in [5.41, 5.74) is 0.853. The van der Waals surface area contributed by atoms with Gasteiger partial charge in [-0.05, 0) is 31.2 Å². The molecule has 0 radical (unpaired) electrons. The van der Waals surface area contributed by atoms with E-state index in [0.29, 0.717) is 24.6 Å². The molecule has 0 saturated heterocycles. The number of amides is 1. The predicted octanol–water partition coefficient (Wildman–Crippen LogP) is 2.01. The molecule has 0 aromatic carbocycles. The highest BCUT2D eigenvalue weighted by Gasteiger charge is 2.17. The summed E-state index contributed by atoms with van der Waals surface area (Å²) in [5.74, 6) is 0.855. The van der Waals surface area contributed by atoms with Crippen LogP contribution < -0.4 is 0 Å². The van der Waals surface area contributed by atoms with E-state index in [1.165, 1.54) is 0 Å². The lowest BCUT2D eigenvalue weighted by atomic mass is 10.3. The third-order valence-corrected chi connectivity index (χ3v) is 3.52. The van der Waals surface area contributed by atoms with Crippen LogP contribution in [0, 0.1) is 0 Å². The van der Waals surface area contributed by atoms with Crippen molar-refractivity contribution in [2.24, 2.45) is 0 Å². The fourth-order valence-electron chi connectivity index (χ4n) is 2.30. The van der Waals surface area contributed by atoms with E-state index in [-0.39, 0.29) is 5.91 Å². The van der Waals surface area contributed by atoms with Gasteiger partial charge in [0, 0.05) is 32.2 Å². The van der Waals surface area contributed by atoms with E-state index in [0.717, 1.165) is 12.2 Å². The van der Waals surface area contributed by atoms with Crippen molar-refractivity contribution in [1.82, 2.24) is 24.5 Å². The van der Waals surface area contributed by atoms with Gasteiger partial charge in [-0.1, -0.05) is 0 Å². The second-order valence-electron chi connectivity index (χ2n) is 5.29. The summed E-state index contributed by atoms with van der Waals surface area (Å²) >= 11 is 0. The van der Waals surface area contributed by atoms with Crippen molar-refractivity contribution in [1.29, 1.82) is 0 Å². The van der Waals surface area contributed by atoms with Crippen LogP contribution in [-0.2, 0) is 19.6 Å². The summed E-state index contributed by atoms with van der Waals surface area (Å²) in [7, 11) is 1.74. The molecule has 7 nitrogen and oxygen atoms in total. The number of furan rings is 1. The highest BCUT2D eigenvalue weighted by Crippen LogP contribution is 2.13. The maximum absolute atomic E-state index is 12.4. The molecule has 0 fully saturated rings. The van der Waals surface area contributed by atoms with Crippen LogP contribution in [0.5, 0.6) is 0 Å². The van der Waals surface area contributed by atoms with Crippen molar-refractivity contribution in [3.8, 4) is 0 Å². The third-order valence-electron chi connectivity index (χ3n) is 3.52. The predicted molar refractivity (Wildman–Crippen MR) is 83.7 cm³/mol. The molecule has 0 saturated carbocycles. The molecule has 0 N–H and O–H groups in total. The minimum atomic E-state index is -0.164. The molecule has 3 rings (SSSR count). The SMILES string of the molecule is CCn1ccc(CN(C)C(=O)c2ccc(Cn3cccn3)o2)n1. The Kier molecular flexibility index (Phi) is 4.27. The van der Waals surface area contributed by atoms with Crippen LogP contribution >= 0.6 is 0 Å². The molecule has 3 aromatic rings. The Morgan fingerprint density at radius 2 is 2.13 bits per heavy atom. The van der Waals surface area contributed by atoms with Gasteiger partial charge in [0.2, 0.25) is 0 Å². The van der Waals surface area contributed by atoms with Crippen LogP contribution in [0.2, 0.25) is 0 Å². The molecular weight excluding hydrogens is 294 g/mol. The topological polar surface area (TPSA) is 69.1 Å². The first-order valence-corrected chi connectivity index (χ1v) is 7.49. The summed E-state index contributed by atoms with van der Waals surface area (Å²) in [6, 6.07) is 7.26. The highest BCUT2D eigenvalue weighted by molar-refractivity contribution is 5.91. The lowest BCUT2D eigenvalue weighted by Crippen LogP contribution is -2.26. The minimum Gasteiger partial charge on any atom is -0.454 e. The van der Waals surface area contributed by atoms with E-state index in [1.807, 2.05) is 36.1 Å². The Morgan fingerprint density at radius 3 is 2.83 bits per heavy atom. The Balaban J connectivity index is 1.64. The normalized spacial score (nSPS) is 10.9. The molecule has 23 heavy (non-hydrogen) atoms. The zero-order valence-electron chi connectivity index (χ0n) is 13.2. The highest BCUT2D eigenvalue weighted by atomic mass is 16.4. The van der Waals surface area contributed by atoms with Crippen molar-refractivity contribution in [3.05, 3.63) is 60.1 Å². The number of hydrogen-bond acceptors (Lipinski definition) is 4.